The van der Waals surface area contributed by atoms with Crippen molar-refractivity contribution in [3.05, 3.63) is 90.5 Å². The summed E-state index contributed by atoms with van der Waals surface area (Å²) in [6.07, 6.45) is 0. The molecular weight excluding hydrogens is 315 g/mol. The monoisotopic (exact) mass is 332 g/mol. The standard InChI is InChI=1S/C21H17O2P/c1-23-19-14-12-18(13-15-19)16-17-24(22,20-8-4-2-5-9-20)21-10-6-3-7-11-21/h2-15H,1H3. The van der Waals surface area contributed by atoms with Gasteiger partial charge in [0.25, 0.3) is 0 Å². The number of ether oxygens (including phenoxy) is 1. The first-order chi connectivity index (χ1) is 11.7. The van der Waals surface area contributed by atoms with E-state index in [0.717, 1.165) is 21.9 Å². The number of rotatable bonds is 3. The van der Waals surface area contributed by atoms with Gasteiger partial charge >= 0.3 is 0 Å². The van der Waals surface area contributed by atoms with Gasteiger partial charge in [-0.1, -0.05) is 66.6 Å². The van der Waals surface area contributed by atoms with Gasteiger partial charge in [-0.15, -0.1) is 0 Å². The van der Waals surface area contributed by atoms with Crippen molar-refractivity contribution in [1.29, 1.82) is 0 Å². The average molecular weight is 332 g/mol. The highest BCUT2D eigenvalue weighted by Crippen LogP contribution is 2.41. The van der Waals surface area contributed by atoms with E-state index in [-0.39, 0.29) is 0 Å². The third-order valence-electron chi connectivity index (χ3n) is 3.69. The van der Waals surface area contributed by atoms with E-state index in [1.807, 2.05) is 84.9 Å². The zero-order valence-corrected chi connectivity index (χ0v) is 14.2. The molecule has 0 bridgehead atoms. The van der Waals surface area contributed by atoms with Crippen LogP contribution in [0.3, 0.4) is 0 Å². The van der Waals surface area contributed by atoms with Gasteiger partial charge in [0, 0.05) is 16.2 Å². The molecule has 2 nitrogen and oxygen atoms in total. The third-order valence-corrected chi connectivity index (χ3v) is 6.16. The summed E-state index contributed by atoms with van der Waals surface area (Å²) in [5, 5.41) is 1.49. The van der Waals surface area contributed by atoms with E-state index < -0.39 is 7.14 Å². The summed E-state index contributed by atoms with van der Waals surface area (Å²) in [5.41, 5.74) is 3.86. The fraction of sp³-hybridized carbons (Fsp3) is 0.0476. The molecule has 0 heterocycles. The Morgan fingerprint density at radius 1 is 0.750 bits per heavy atom. The third kappa shape index (κ3) is 3.43. The summed E-state index contributed by atoms with van der Waals surface area (Å²) in [5.74, 6) is 3.84. The van der Waals surface area contributed by atoms with Gasteiger partial charge in [0.05, 0.1) is 7.11 Å². The summed E-state index contributed by atoms with van der Waals surface area (Å²) in [4.78, 5) is 0. The summed E-state index contributed by atoms with van der Waals surface area (Å²) in [6, 6.07) is 26.3. The molecule has 0 unspecified atom stereocenters. The lowest BCUT2D eigenvalue weighted by atomic mass is 10.2. The van der Waals surface area contributed by atoms with Crippen molar-refractivity contribution in [2.45, 2.75) is 0 Å². The Hall–Kier alpha value is -2.75. The van der Waals surface area contributed by atoms with E-state index >= 15 is 0 Å². The molecule has 0 saturated carbocycles. The summed E-state index contributed by atoms with van der Waals surface area (Å²) in [6.45, 7) is 0. The molecule has 0 radical (unpaired) electrons. The van der Waals surface area contributed by atoms with Crippen molar-refractivity contribution in [2.24, 2.45) is 0 Å². The van der Waals surface area contributed by atoms with Gasteiger partial charge in [0.1, 0.15) is 5.75 Å². The van der Waals surface area contributed by atoms with Gasteiger partial charge in [0.2, 0.25) is 7.14 Å². The van der Waals surface area contributed by atoms with Crippen LogP contribution < -0.4 is 15.3 Å². The minimum Gasteiger partial charge on any atom is -0.497 e. The Kier molecular flexibility index (Phi) is 4.85. The van der Waals surface area contributed by atoms with Crippen LogP contribution in [0.4, 0.5) is 0 Å². The molecule has 118 valence electrons. The Labute approximate surface area is 142 Å². The number of hydrogen-bond acceptors (Lipinski definition) is 2. The van der Waals surface area contributed by atoms with Gasteiger partial charge in [-0.05, 0) is 29.9 Å². The van der Waals surface area contributed by atoms with Crippen molar-refractivity contribution < 1.29 is 9.30 Å². The Bertz CT molecular complexity index is 861. The van der Waals surface area contributed by atoms with Crippen LogP contribution in [-0.2, 0) is 4.57 Å². The van der Waals surface area contributed by atoms with Crippen molar-refractivity contribution in [3.63, 3.8) is 0 Å². The van der Waals surface area contributed by atoms with Gasteiger partial charge in [-0.3, -0.25) is 4.57 Å². The first kappa shape index (κ1) is 16.1. The molecule has 3 heteroatoms. The molecule has 3 rings (SSSR count). The SMILES string of the molecule is COc1ccc(C#CP(=O)(c2ccccc2)c2ccccc2)cc1. The molecule has 3 aromatic carbocycles. The Morgan fingerprint density at radius 2 is 1.25 bits per heavy atom. The smallest absolute Gasteiger partial charge is 0.211 e. The van der Waals surface area contributed by atoms with Crippen LogP contribution >= 0.6 is 7.14 Å². The normalized spacial score (nSPS) is 10.5. The maximum Gasteiger partial charge on any atom is 0.211 e. The molecule has 0 aliphatic carbocycles. The van der Waals surface area contributed by atoms with E-state index in [1.165, 1.54) is 0 Å². The van der Waals surface area contributed by atoms with Crippen molar-refractivity contribution in [1.82, 2.24) is 0 Å². The number of benzene rings is 3. The molecule has 0 atom stereocenters. The predicted molar refractivity (Wildman–Crippen MR) is 99.6 cm³/mol. The van der Waals surface area contributed by atoms with Crippen LogP contribution in [0.5, 0.6) is 5.75 Å². The summed E-state index contributed by atoms with van der Waals surface area (Å²) < 4.78 is 18.9. The molecule has 0 spiro atoms. The zero-order chi connectivity index (χ0) is 16.8. The highest BCUT2D eigenvalue weighted by Gasteiger charge is 2.24. The Morgan fingerprint density at radius 3 is 1.71 bits per heavy atom. The quantitative estimate of drug-likeness (QED) is 0.535. The highest BCUT2D eigenvalue weighted by molar-refractivity contribution is 7.83. The molecule has 0 aliphatic heterocycles. The lowest BCUT2D eigenvalue weighted by molar-refractivity contribution is 0.415. The van der Waals surface area contributed by atoms with E-state index in [9.17, 15) is 4.57 Å². The van der Waals surface area contributed by atoms with Crippen molar-refractivity contribution >= 4 is 17.8 Å². The van der Waals surface area contributed by atoms with Gasteiger partial charge < -0.3 is 4.74 Å². The molecule has 0 N–H and O–H groups in total. The lowest BCUT2D eigenvalue weighted by Gasteiger charge is -2.12. The molecular formula is C21H17O2P. The van der Waals surface area contributed by atoms with Gasteiger partial charge in [-0.25, -0.2) is 0 Å². The van der Waals surface area contributed by atoms with Crippen LogP contribution in [0.1, 0.15) is 5.56 Å². The Balaban J connectivity index is 2.07. The van der Waals surface area contributed by atoms with Gasteiger partial charge in [-0.2, -0.15) is 0 Å². The van der Waals surface area contributed by atoms with Crippen molar-refractivity contribution in [3.8, 4) is 17.3 Å². The fourth-order valence-electron chi connectivity index (χ4n) is 2.37. The van der Waals surface area contributed by atoms with Crippen LogP contribution in [0, 0.1) is 11.6 Å². The van der Waals surface area contributed by atoms with E-state index in [2.05, 4.69) is 11.6 Å². The van der Waals surface area contributed by atoms with E-state index in [0.29, 0.717) is 0 Å². The summed E-state index contributed by atoms with van der Waals surface area (Å²) in [7, 11) is -1.38. The molecule has 0 aliphatic rings. The van der Waals surface area contributed by atoms with E-state index in [4.69, 9.17) is 4.74 Å². The van der Waals surface area contributed by atoms with Crippen LogP contribution in [0.25, 0.3) is 0 Å². The van der Waals surface area contributed by atoms with E-state index in [1.54, 1.807) is 7.11 Å². The zero-order valence-electron chi connectivity index (χ0n) is 13.3. The predicted octanol–water partition coefficient (Wildman–Crippen LogP) is 4.02. The largest absolute Gasteiger partial charge is 0.497 e. The summed E-state index contributed by atoms with van der Waals surface area (Å²) >= 11 is 0. The number of hydrogen-bond donors (Lipinski definition) is 0. The fourth-order valence-corrected chi connectivity index (χ4v) is 4.40. The second-order valence-corrected chi connectivity index (χ2v) is 7.72. The lowest BCUT2D eigenvalue weighted by Crippen LogP contribution is -2.14. The molecule has 0 saturated heterocycles. The maximum absolute atomic E-state index is 13.7. The minimum absolute atomic E-state index is 0.747. The second kappa shape index (κ2) is 7.21. The minimum atomic E-state index is -3.00. The van der Waals surface area contributed by atoms with Crippen LogP contribution in [-0.4, -0.2) is 7.11 Å². The molecule has 0 fully saturated rings. The van der Waals surface area contributed by atoms with Crippen LogP contribution in [0.15, 0.2) is 84.9 Å². The first-order valence-corrected chi connectivity index (χ1v) is 9.32. The molecule has 3 aromatic rings. The highest BCUT2D eigenvalue weighted by atomic mass is 31.2. The average Bonchev–Trinajstić information content (AvgIpc) is 2.68. The second-order valence-electron chi connectivity index (χ2n) is 5.25. The molecule has 0 amide bonds. The first-order valence-electron chi connectivity index (χ1n) is 7.61. The number of methoxy groups -OCH3 is 1. The van der Waals surface area contributed by atoms with Crippen LogP contribution in [0.2, 0.25) is 0 Å². The molecule has 0 aromatic heterocycles. The topological polar surface area (TPSA) is 26.3 Å². The maximum atomic E-state index is 13.7. The van der Waals surface area contributed by atoms with Gasteiger partial charge in [0.15, 0.2) is 0 Å². The molecule has 24 heavy (non-hydrogen) atoms. The van der Waals surface area contributed by atoms with Crippen molar-refractivity contribution in [2.75, 3.05) is 7.11 Å².